The summed E-state index contributed by atoms with van der Waals surface area (Å²) in [7, 11) is 0. The van der Waals surface area contributed by atoms with E-state index in [0.717, 1.165) is 12.1 Å². The molecule has 3 nitrogen and oxygen atoms in total. The first-order chi connectivity index (χ1) is 5.07. The Morgan fingerprint density at radius 2 is 2.09 bits per heavy atom. The van der Waals surface area contributed by atoms with Crippen molar-refractivity contribution in [2.75, 3.05) is 0 Å². The summed E-state index contributed by atoms with van der Waals surface area (Å²) in [4.78, 5) is 10.9. The lowest BCUT2D eigenvalue weighted by Crippen LogP contribution is -2.23. The number of hydrogen-bond acceptors (Lipinski definition) is 2. The number of carbonyl (C=O) groups excluding carboxylic acids is 1. The molecule has 0 fully saturated rings. The Kier molecular flexibility index (Phi) is 4.50. The summed E-state index contributed by atoms with van der Waals surface area (Å²) in [6, 6.07) is 0. The molecule has 0 aliphatic rings. The van der Waals surface area contributed by atoms with Crippen LogP contribution in [-0.4, -0.2) is 11.6 Å². The lowest BCUT2D eigenvalue weighted by Gasteiger charge is -2.02. The molecule has 0 saturated carbocycles. The van der Waals surface area contributed by atoms with Crippen molar-refractivity contribution in [1.82, 2.24) is 5.43 Å². The quantitative estimate of drug-likeness (QED) is 0.489. The summed E-state index contributed by atoms with van der Waals surface area (Å²) in [5.41, 5.74) is 3.43. The van der Waals surface area contributed by atoms with Gasteiger partial charge in [0.25, 0.3) is 0 Å². The fourth-order valence-corrected chi connectivity index (χ4v) is 0.359. The molecule has 3 heteroatoms. The van der Waals surface area contributed by atoms with Crippen LogP contribution in [0.5, 0.6) is 0 Å². The van der Waals surface area contributed by atoms with Gasteiger partial charge in [-0.05, 0) is 13.3 Å². The van der Waals surface area contributed by atoms with E-state index in [1.54, 1.807) is 0 Å². The highest BCUT2D eigenvalue weighted by Gasteiger charge is 2.03. The molecule has 0 aliphatic heterocycles. The molecule has 0 rings (SSSR count). The number of hydrazone groups is 1. The maximum absolute atomic E-state index is 10.9. The van der Waals surface area contributed by atoms with Crippen molar-refractivity contribution in [3.8, 4) is 0 Å². The monoisotopic (exact) mass is 156 g/mol. The largest absolute Gasteiger partial charge is 0.273 e. The molecule has 1 N–H and O–H groups in total. The van der Waals surface area contributed by atoms with Crippen LogP contribution in [-0.2, 0) is 4.79 Å². The number of nitrogens with one attached hydrogen (secondary N) is 1. The Labute approximate surface area is 67.9 Å². The summed E-state index contributed by atoms with van der Waals surface area (Å²) in [6.07, 6.45) is 0.873. The van der Waals surface area contributed by atoms with E-state index < -0.39 is 0 Å². The van der Waals surface area contributed by atoms with Crippen molar-refractivity contribution in [3.05, 3.63) is 0 Å². The van der Waals surface area contributed by atoms with Crippen molar-refractivity contribution in [2.45, 2.75) is 34.1 Å². The second kappa shape index (κ2) is 4.88. The van der Waals surface area contributed by atoms with E-state index >= 15 is 0 Å². The van der Waals surface area contributed by atoms with Crippen molar-refractivity contribution >= 4 is 11.6 Å². The van der Waals surface area contributed by atoms with Crippen LogP contribution in [0.1, 0.15) is 34.1 Å². The van der Waals surface area contributed by atoms with E-state index in [2.05, 4.69) is 10.5 Å². The van der Waals surface area contributed by atoms with Crippen LogP contribution in [0.4, 0.5) is 0 Å². The second-order valence-corrected chi connectivity index (χ2v) is 2.83. The molecule has 0 bridgehead atoms. The van der Waals surface area contributed by atoms with Gasteiger partial charge in [0.05, 0.1) is 0 Å². The SMILES string of the molecule is CC/C(C)=N\NC(=O)C(C)C. The minimum absolute atomic E-state index is 0.00315. The van der Waals surface area contributed by atoms with Crippen LogP contribution in [0, 0.1) is 5.92 Å². The zero-order chi connectivity index (χ0) is 8.85. The second-order valence-electron chi connectivity index (χ2n) is 2.83. The highest BCUT2D eigenvalue weighted by atomic mass is 16.2. The fourth-order valence-electron chi connectivity index (χ4n) is 0.359. The summed E-state index contributed by atoms with van der Waals surface area (Å²) in [5.74, 6) is -0.0267. The van der Waals surface area contributed by atoms with E-state index in [1.807, 2.05) is 27.7 Å². The Balaban J connectivity index is 3.78. The van der Waals surface area contributed by atoms with Crippen LogP contribution in [0.25, 0.3) is 0 Å². The van der Waals surface area contributed by atoms with Crippen molar-refractivity contribution in [2.24, 2.45) is 11.0 Å². The lowest BCUT2D eigenvalue weighted by molar-refractivity contribution is -0.123. The summed E-state index contributed by atoms with van der Waals surface area (Å²) >= 11 is 0. The van der Waals surface area contributed by atoms with E-state index in [9.17, 15) is 4.79 Å². The van der Waals surface area contributed by atoms with Crippen molar-refractivity contribution < 1.29 is 4.79 Å². The first kappa shape index (κ1) is 10.1. The number of amides is 1. The van der Waals surface area contributed by atoms with Gasteiger partial charge in [0.15, 0.2) is 0 Å². The zero-order valence-electron chi connectivity index (χ0n) is 7.64. The average Bonchev–Trinajstić information content (AvgIpc) is 1.99. The Morgan fingerprint density at radius 3 is 2.45 bits per heavy atom. The van der Waals surface area contributed by atoms with Gasteiger partial charge in [0.1, 0.15) is 0 Å². The standard InChI is InChI=1S/C8H16N2O/c1-5-7(4)9-10-8(11)6(2)3/h6H,5H2,1-4H3,(H,10,11)/b9-7-. The van der Waals surface area contributed by atoms with Gasteiger partial charge in [-0.25, -0.2) is 5.43 Å². The number of hydrogen-bond donors (Lipinski definition) is 1. The van der Waals surface area contributed by atoms with Gasteiger partial charge in [0.2, 0.25) is 5.91 Å². The predicted molar refractivity (Wildman–Crippen MR) is 46.4 cm³/mol. The maximum atomic E-state index is 10.9. The first-order valence-electron chi connectivity index (χ1n) is 3.91. The number of rotatable bonds is 3. The maximum Gasteiger partial charge on any atom is 0.242 e. The molecular weight excluding hydrogens is 140 g/mol. The number of nitrogens with zero attached hydrogens (tertiary/aromatic N) is 1. The minimum atomic E-state index is -0.0298. The van der Waals surface area contributed by atoms with Gasteiger partial charge in [-0.1, -0.05) is 20.8 Å². The summed E-state index contributed by atoms with van der Waals surface area (Å²) in [6.45, 7) is 7.57. The third-order valence-corrected chi connectivity index (χ3v) is 1.39. The first-order valence-corrected chi connectivity index (χ1v) is 3.91. The summed E-state index contributed by atoms with van der Waals surface area (Å²) in [5, 5.41) is 3.88. The molecule has 0 aromatic rings. The van der Waals surface area contributed by atoms with Gasteiger partial charge >= 0.3 is 0 Å². The van der Waals surface area contributed by atoms with Crippen LogP contribution in [0.15, 0.2) is 5.10 Å². The Hall–Kier alpha value is -0.860. The zero-order valence-corrected chi connectivity index (χ0v) is 7.64. The third kappa shape index (κ3) is 4.53. The molecule has 0 aromatic carbocycles. The van der Waals surface area contributed by atoms with Crippen LogP contribution < -0.4 is 5.43 Å². The topological polar surface area (TPSA) is 41.5 Å². The Morgan fingerprint density at radius 1 is 1.55 bits per heavy atom. The van der Waals surface area contributed by atoms with E-state index in [1.165, 1.54) is 0 Å². The average molecular weight is 156 g/mol. The predicted octanol–water partition coefficient (Wildman–Crippen LogP) is 1.54. The summed E-state index contributed by atoms with van der Waals surface area (Å²) < 4.78 is 0. The van der Waals surface area contributed by atoms with Gasteiger partial charge in [-0.3, -0.25) is 4.79 Å². The van der Waals surface area contributed by atoms with Gasteiger partial charge < -0.3 is 0 Å². The van der Waals surface area contributed by atoms with Crippen LogP contribution in [0.3, 0.4) is 0 Å². The molecule has 0 spiro atoms. The van der Waals surface area contributed by atoms with Gasteiger partial charge in [0, 0.05) is 11.6 Å². The Bertz CT molecular complexity index is 161. The molecule has 0 aliphatic carbocycles. The molecule has 0 heterocycles. The minimum Gasteiger partial charge on any atom is -0.273 e. The highest BCUT2D eigenvalue weighted by molar-refractivity contribution is 5.84. The molecule has 11 heavy (non-hydrogen) atoms. The highest BCUT2D eigenvalue weighted by Crippen LogP contribution is 1.90. The van der Waals surface area contributed by atoms with Crippen LogP contribution in [0.2, 0.25) is 0 Å². The third-order valence-electron chi connectivity index (χ3n) is 1.39. The molecule has 64 valence electrons. The molecule has 0 unspecified atom stereocenters. The van der Waals surface area contributed by atoms with Crippen molar-refractivity contribution in [3.63, 3.8) is 0 Å². The van der Waals surface area contributed by atoms with E-state index in [-0.39, 0.29) is 11.8 Å². The van der Waals surface area contributed by atoms with Crippen LogP contribution >= 0.6 is 0 Å². The van der Waals surface area contributed by atoms with Crippen molar-refractivity contribution in [1.29, 1.82) is 0 Å². The molecule has 0 aromatic heterocycles. The molecular formula is C8H16N2O. The molecule has 1 amide bonds. The van der Waals surface area contributed by atoms with E-state index in [4.69, 9.17) is 0 Å². The van der Waals surface area contributed by atoms with E-state index in [0.29, 0.717) is 0 Å². The fraction of sp³-hybridized carbons (Fsp3) is 0.750. The number of carbonyl (C=O) groups is 1. The van der Waals surface area contributed by atoms with Gasteiger partial charge in [-0.15, -0.1) is 0 Å². The molecule has 0 radical (unpaired) electrons. The lowest BCUT2D eigenvalue weighted by atomic mass is 10.2. The van der Waals surface area contributed by atoms with Gasteiger partial charge in [-0.2, -0.15) is 5.10 Å². The normalized spacial score (nSPS) is 11.9. The smallest absolute Gasteiger partial charge is 0.242 e. The molecule has 0 atom stereocenters. The molecule has 0 saturated heterocycles.